The summed E-state index contributed by atoms with van der Waals surface area (Å²) in [5.41, 5.74) is 9.07. The minimum Gasteiger partial charge on any atom is -0.508 e. The number of primary amides is 1. The number of nitrogens with one attached hydrogen (secondary N) is 10. The van der Waals surface area contributed by atoms with Gasteiger partial charge in [0.2, 0.25) is 88.6 Å². The fraction of sp³-hybridized carbons (Fsp3) is 0.419. The number of carboxylic acid groups (broad SMARTS) is 1. The van der Waals surface area contributed by atoms with Gasteiger partial charge >= 0.3 is 5.97 Å². The lowest BCUT2D eigenvalue weighted by atomic mass is 9.98. The van der Waals surface area contributed by atoms with Crippen LogP contribution in [0.25, 0.3) is 10.9 Å². The molecule has 15 amide bonds. The molecule has 1 aliphatic rings. The van der Waals surface area contributed by atoms with E-state index in [0.717, 1.165) is 26.5 Å². The smallest absolute Gasteiger partial charge is 0.305 e. The quantitative estimate of drug-likeness (QED) is 0.0431. The molecule has 0 bridgehead atoms. The molecule has 1 saturated heterocycles. The second kappa shape index (κ2) is 49.6. The summed E-state index contributed by atoms with van der Waals surface area (Å²) in [5.74, 6) is -17.4. The predicted octanol–water partition coefficient (Wildman–Crippen LogP) is 3.93. The molecule has 0 aliphatic carbocycles. The number of hydrogen-bond acceptors (Lipinski definition) is 18. The number of amides is 15. The number of thioether (sulfide) groups is 1. The highest BCUT2D eigenvalue weighted by molar-refractivity contribution is 8.00. The highest BCUT2D eigenvalue weighted by atomic mass is 35.5. The number of aromatic hydroxyl groups is 1. The van der Waals surface area contributed by atoms with Crippen LogP contribution in [0.3, 0.4) is 0 Å². The Morgan fingerprint density at radius 1 is 0.485 bits per heavy atom. The van der Waals surface area contributed by atoms with E-state index in [1.165, 1.54) is 81.4 Å². The number of H-pyrrole nitrogens is 1. The topological polar surface area (TPSA) is 480 Å². The van der Waals surface area contributed by atoms with Gasteiger partial charge in [0.1, 0.15) is 72.2 Å². The SMILES string of the molecule is CCCCC1C(=O)N(C)CC(=O)NC(CC(=O)O)C(=O)NC(C(C)C)C(=O)N(C)C(Cc2ccccc2)C(=O)NC(Cc2ccc(O)cc2)C(=O)N(C)CC(=O)NC(Cc2c[nH]c3ccccc23)C(=O)NC(Cc2ccc(Cl)c(Cl)c2)C(=O)NC(CC(C)C)C(=O)NC(C(=O)NCC(N)=O)CSCC(=O)NC(Cc2ccccc2)C(=O)N(C)C(Cc2ccccc2)C(=O)N1C. The number of rotatable bonds is 23. The van der Waals surface area contributed by atoms with Crippen molar-refractivity contribution in [3.05, 3.63) is 207 Å². The number of phenols is 1. The summed E-state index contributed by atoms with van der Waals surface area (Å²) in [6.07, 6.45) is 0.0385. The summed E-state index contributed by atoms with van der Waals surface area (Å²) in [6.45, 7) is 6.16. The first kappa shape index (κ1) is 102. The van der Waals surface area contributed by atoms with E-state index in [2.05, 4.69) is 52.8 Å². The predicted molar refractivity (Wildman–Crippen MR) is 490 cm³/mol. The van der Waals surface area contributed by atoms with E-state index in [0.29, 0.717) is 57.1 Å². The lowest BCUT2D eigenvalue weighted by Gasteiger charge is -2.37. The molecule has 1 aliphatic heterocycles. The minimum absolute atomic E-state index is 0.0291. The van der Waals surface area contributed by atoms with Crippen molar-refractivity contribution in [2.24, 2.45) is 17.6 Å². The first-order valence-corrected chi connectivity index (χ1v) is 44.6. The molecule has 130 heavy (non-hydrogen) atoms. The van der Waals surface area contributed by atoms with Crippen molar-refractivity contribution in [1.29, 1.82) is 0 Å². The highest BCUT2D eigenvalue weighted by Crippen LogP contribution is 2.27. The van der Waals surface area contributed by atoms with Gasteiger partial charge < -0.3 is 93.3 Å². The third-order valence-electron chi connectivity index (χ3n) is 22.1. The fourth-order valence-corrected chi connectivity index (χ4v) is 16.2. The van der Waals surface area contributed by atoms with Gasteiger partial charge in [-0.3, -0.25) is 76.7 Å². The molecule has 7 aromatic rings. The Kier molecular flexibility index (Phi) is 39.1. The number of benzene rings is 6. The van der Waals surface area contributed by atoms with E-state index in [1.54, 1.807) is 155 Å². The van der Waals surface area contributed by atoms with Crippen molar-refractivity contribution >= 4 is 140 Å². The van der Waals surface area contributed by atoms with Gasteiger partial charge in [-0.05, 0) is 88.4 Å². The molecule has 1 aromatic heterocycles. The minimum atomic E-state index is -1.91. The number of nitrogens with two attached hydrogens (primary N) is 1. The van der Waals surface area contributed by atoms with Crippen LogP contribution in [0.1, 0.15) is 100 Å². The van der Waals surface area contributed by atoms with Gasteiger partial charge in [-0.2, -0.15) is 0 Å². The van der Waals surface area contributed by atoms with E-state index >= 15 is 43.2 Å². The zero-order valence-corrected chi connectivity index (χ0v) is 76.6. The second-order valence-corrected chi connectivity index (χ2v) is 35.0. The lowest BCUT2D eigenvalue weighted by Crippen LogP contribution is -2.61. The zero-order valence-electron chi connectivity index (χ0n) is 74.3. The van der Waals surface area contributed by atoms with Crippen molar-refractivity contribution in [2.45, 2.75) is 172 Å². The molecule has 8 rings (SSSR count). The van der Waals surface area contributed by atoms with E-state index in [1.807, 2.05) is 6.92 Å². The maximum atomic E-state index is 15.5. The summed E-state index contributed by atoms with van der Waals surface area (Å²) in [5, 5.41) is 45.5. The first-order valence-electron chi connectivity index (χ1n) is 42.7. The Labute approximate surface area is 769 Å². The number of carbonyl (C=O) groups excluding carboxylic acids is 15. The van der Waals surface area contributed by atoms with Gasteiger partial charge in [-0.15, -0.1) is 11.8 Å². The van der Waals surface area contributed by atoms with Crippen LogP contribution in [0.4, 0.5) is 0 Å². The third-order valence-corrected chi connectivity index (χ3v) is 23.9. The number of aromatic amines is 1. The normalized spacial score (nSPS) is 21.8. The molecule has 0 radical (unpaired) electrons. The van der Waals surface area contributed by atoms with Gasteiger partial charge in [0.15, 0.2) is 0 Å². The molecule has 11 atom stereocenters. The van der Waals surface area contributed by atoms with Gasteiger partial charge in [-0.25, -0.2) is 0 Å². The fourth-order valence-electron chi connectivity index (χ4n) is 15.0. The standard InChI is InChI=1S/C93H116Cl2N16O18S/c1-11-12-32-74-91(127)108(7)51-79(115)100-70(47-81(117)118)87(123)106-82(55(4)5)93(129)110(9)75(44-57-26-18-14-19-27-57)88(124)104-71(42-59-33-36-62(112)37-34-59)89(125)107(6)50-78(114)99-69(46-61-48-97-66-31-23-22-30-63(61)66)86(122)103-68(43-60-35-38-64(94)65(95)40-60)85(121)102-67(39-54(2)3)84(120)105-73(83(119)98-49-77(96)113)52-130-53-80(116)101-72(41-56-24-16-13-17-25-56)90(126)111(10)76(92(128)109(74)8)45-58-28-20-15-21-29-58/h13-31,33-38,40,48,54-55,67-76,82,97,112H,11-12,32,39,41-47,49-53H2,1-10H3,(H2,96,113)(H,98,119)(H,99,114)(H,100,115)(H,101,116)(H,102,121)(H,103,122)(H,104,124)(H,105,120)(H,106,123)(H,117,118). The highest BCUT2D eigenvalue weighted by Gasteiger charge is 2.42. The largest absolute Gasteiger partial charge is 0.508 e. The average molecular weight is 1850 g/mol. The monoisotopic (exact) mass is 1850 g/mol. The number of halogens is 2. The van der Waals surface area contributed by atoms with Gasteiger partial charge in [0, 0.05) is 96.6 Å². The third kappa shape index (κ3) is 30.7. The Morgan fingerprint density at radius 2 is 0.962 bits per heavy atom. The van der Waals surface area contributed by atoms with E-state index < -0.39 is 199 Å². The van der Waals surface area contributed by atoms with E-state index in [4.69, 9.17) is 28.9 Å². The van der Waals surface area contributed by atoms with Crippen molar-refractivity contribution < 1.29 is 86.9 Å². The van der Waals surface area contributed by atoms with Gasteiger partial charge in [-0.1, -0.05) is 198 Å². The zero-order chi connectivity index (χ0) is 95.2. The number of unbranched alkanes of at least 4 members (excludes halogenated alkanes) is 1. The Bertz CT molecular complexity index is 5150. The number of likely N-dealkylation sites (N-methyl/N-ethyl adjacent to an activating group) is 5. The van der Waals surface area contributed by atoms with Crippen LogP contribution >= 0.6 is 35.0 Å². The summed E-state index contributed by atoms with van der Waals surface area (Å²) < 4.78 is 0. The molecule has 0 spiro atoms. The summed E-state index contributed by atoms with van der Waals surface area (Å²) >= 11 is 13.8. The summed E-state index contributed by atoms with van der Waals surface area (Å²) in [7, 11) is 6.54. The molecular weight excluding hydrogens is 1730 g/mol. The maximum Gasteiger partial charge on any atom is 0.305 e. The molecule has 6 aromatic carbocycles. The van der Waals surface area contributed by atoms with E-state index in [-0.39, 0.29) is 78.8 Å². The first-order chi connectivity index (χ1) is 61.8. The van der Waals surface area contributed by atoms with Crippen LogP contribution in [-0.2, 0) is 115 Å². The molecule has 0 saturated carbocycles. The number of nitrogens with zero attached hydrogens (tertiary/aromatic N) is 5. The number of aromatic nitrogens is 1. The lowest BCUT2D eigenvalue weighted by molar-refractivity contribution is -0.151. The van der Waals surface area contributed by atoms with Crippen LogP contribution < -0.4 is 53.6 Å². The molecular formula is C93H116Cl2N16O18S. The second-order valence-electron chi connectivity index (χ2n) is 33.1. The molecule has 11 unspecified atom stereocenters. The number of carbonyl (C=O) groups is 16. The van der Waals surface area contributed by atoms with Crippen LogP contribution in [0.2, 0.25) is 10.0 Å². The number of fused-ring (bicyclic) bond motifs is 1. The Hall–Kier alpha value is -12.9. The molecule has 37 heteroatoms. The van der Waals surface area contributed by atoms with Crippen molar-refractivity contribution in [3.63, 3.8) is 0 Å². The van der Waals surface area contributed by atoms with E-state index in [9.17, 15) is 43.8 Å². The maximum absolute atomic E-state index is 15.5. The van der Waals surface area contributed by atoms with Crippen LogP contribution in [-0.4, -0.2) is 267 Å². The number of carboxylic acids is 1. The Balaban J connectivity index is 1.22. The number of para-hydroxylation sites is 1. The van der Waals surface area contributed by atoms with Gasteiger partial charge in [0.05, 0.1) is 41.9 Å². The van der Waals surface area contributed by atoms with Crippen molar-refractivity contribution in [2.75, 3.05) is 66.4 Å². The van der Waals surface area contributed by atoms with Crippen LogP contribution in [0.15, 0.2) is 164 Å². The molecule has 2 heterocycles. The van der Waals surface area contributed by atoms with Crippen LogP contribution in [0, 0.1) is 11.8 Å². The average Bonchev–Trinajstić information content (AvgIpc) is 0.896. The molecule has 14 N–H and O–H groups in total. The van der Waals surface area contributed by atoms with Crippen molar-refractivity contribution in [3.8, 4) is 5.75 Å². The summed E-state index contributed by atoms with van der Waals surface area (Å²) in [4.78, 5) is 244. The molecule has 34 nitrogen and oxygen atoms in total. The number of hydrogen-bond donors (Lipinski definition) is 13. The van der Waals surface area contributed by atoms with Crippen molar-refractivity contribution in [1.82, 2.24) is 77.3 Å². The molecule has 1 fully saturated rings. The number of phenolic OH excluding ortho intramolecular Hbond substituents is 1. The number of aliphatic carboxylic acids is 1. The van der Waals surface area contributed by atoms with Gasteiger partial charge in [0.25, 0.3) is 0 Å². The Morgan fingerprint density at radius 3 is 1.53 bits per heavy atom. The molecule has 696 valence electrons. The van der Waals surface area contributed by atoms with Crippen LogP contribution in [0.5, 0.6) is 5.75 Å². The summed E-state index contributed by atoms with van der Waals surface area (Å²) in [6, 6.07) is 26.0.